The number of rotatable bonds is 8. The van der Waals surface area contributed by atoms with Crippen molar-refractivity contribution >= 4 is 25.9 Å². The maximum absolute atomic E-state index is 11.9. The molecule has 1 rings (SSSR count). The zero-order chi connectivity index (χ0) is 15.2. The Bertz CT molecular complexity index is 627. The van der Waals surface area contributed by atoms with Gasteiger partial charge in [0.25, 0.3) is 0 Å². The minimum atomic E-state index is -3.66. The highest BCUT2D eigenvalue weighted by atomic mass is 32.2. The van der Waals surface area contributed by atoms with Crippen LogP contribution in [0.4, 0.5) is 5.82 Å². The van der Waals surface area contributed by atoms with Gasteiger partial charge in [0.2, 0.25) is 20.0 Å². The van der Waals surface area contributed by atoms with E-state index in [1.54, 1.807) is 0 Å². The highest BCUT2D eigenvalue weighted by Gasteiger charge is 2.13. The number of nitrogen functional groups attached to an aromatic ring is 1. The van der Waals surface area contributed by atoms with E-state index in [9.17, 15) is 16.8 Å². The van der Waals surface area contributed by atoms with Crippen LogP contribution in [-0.2, 0) is 20.0 Å². The van der Waals surface area contributed by atoms with Crippen LogP contribution in [0.5, 0.6) is 0 Å². The lowest BCUT2D eigenvalue weighted by Crippen LogP contribution is -2.29. The molecule has 20 heavy (non-hydrogen) atoms. The number of nitrogens with zero attached hydrogens (tertiary/aromatic N) is 1. The van der Waals surface area contributed by atoms with Crippen molar-refractivity contribution in [3.05, 3.63) is 18.3 Å². The van der Waals surface area contributed by atoms with Crippen LogP contribution in [0.15, 0.2) is 23.2 Å². The Morgan fingerprint density at radius 3 is 2.30 bits per heavy atom. The number of pyridine rings is 1. The molecular formula is C9H17N5O4S2. The SMILES string of the molecule is CS(=O)(=O)NCCCNS(=O)(=O)c1ccc(NN)nc1. The molecule has 0 aromatic carbocycles. The van der Waals surface area contributed by atoms with Crippen LogP contribution in [0.3, 0.4) is 0 Å². The zero-order valence-electron chi connectivity index (χ0n) is 10.8. The predicted octanol–water partition coefficient (Wildman–Crippen LogP) is -1.42. The summed E-state index contributed by atoms with van der Waals surface area (Å²) in [6.07, 6.45) is 2.55. The molecule has 0 radical (unpaired) electrons. The molecule has 0 aliphatic rings. The molecule has 1 heterocycles. The number of aromatic nitrogens is 1. The van der Waals surface area contributed by atoms with Crippen molar-refractivity contribution in [3.63, 3.8) is 0 Å². The first kappa shape index (κ1) is 16.8. The van der Waals surface area contributed by atoms with Gasteiger partial charge in [-0.05, 0) is 18.6 Å². The van der Waals surface area contributed by atoms with Crippen LogP contribution in [0.25, 0.3) is 0 Å². The first-order valence-electron chi connectivity index (χ1n) is 5.61. The molecule has 0 amide bonds. The summed E-state index contributed by atoms with van der Waals surface area (Å²) in [7, 11) is -6.92. The molecule has 11 heteroatoms. The van der Waals surface area contributed by atoms with Crippen molar-refractivity contribution in [1.82, 2.24) is 14.4 Å². The highest BCUT2D eigenvalue weighted by molar-refractivity contribution is 7.89. The van der Waals surface area contributed by atoms with Gasteiger partial charge in [-0.2, -0.15) is 0 Å². The van der Waals surface area contributed by atoms with Gasteiger partial charge in [-0.15, -0.1) is 0 Å². The smallest absolute Gasteiger partial charge is 0.242 e. The minimum Gasteiger partial charge on any atom is -0.308 e. The molecule has 9 nitrogen and oxygen atoms in total. The topological polar surface area (TPSA) is 143 Å². The normalized spacial score (nSPS) is 12.3. The summed E-state index contributed by atoms with van der Waals surface area (Å²) in [5.41, 5.74) is 2.29. The third-order valence-electron chi connectivity index (χ3n) is 2.20. The summed E-state index contributed by atoms with van der Waals surface area (Å²) in [5.74, 6) is 5.47. The Hall–Kier alpha value is -1.27. The molecule has 0 unspecified atom stereocenters. The van der Waals surface area contributed by atoms with E-state index in [1.807, 2.05) is 0 Å². The molecule has 0 bridgehead atoms. The van der Waals surface area contributed by atoms with Crippen LogP contribution in [0.2, 0.25) is 0 Å². The fourth-order valence-electron chi connectivity index (χ4n) is 1.26. The largest absolute Gasteiger partial charge is 0.308 e. The van der Waals surface area contributed by atoms with E-state index in [2.05, 4.69) is 19.9 Å². The standard InChI is InChI=1S/C9H17N5O4S2/c1-19(15,16)12-5-2-6-13-20(17,18)8-3-4-9(14-10)11-7-8/h3-4,7,12-13H,2,5-6,10H2,1H3,(H,11,14). The molecule has 1 aromatic heterocycles. The molecule has 114 valence electrons. The van der Waals surface area contributed by atoms with E-state index in [-0.39, 0.29) is 18.0 Å². The second kappa shape index (κ2) is 6.95. The number of hydrazine groups is 1. The van der Waals surface area contributed by atoms with Gasteiger partial charge in [0, 0.05) is 19.3 Å². The predicted molar refractivity (Wildman–Crippen MR) is 74.7 cm³/mol. The lowest BCUT2D eigenvalue weighted by atomic mass is 10.4. The minimum absolute atomic E-state index is 0.00701. The number of sulfonamides is 2. The summed E-state index contributed by atoms with van der Waals surface area (Å²) < 4.78 is 49.9. The first-order valence-corrected chi connectivity index (χ1v) is 8.99. The van der Waals surface area contributed by atoms with Gasteiger partial charge in [-0.3, -0.25) is 0 Å². The van der Waals surface area contributed by atoms with Crippen LogP contribution in [0, 0.1) is 0 Å². The highest BCUT2D eigenvalue weighted by Crippen LogP contribution is 2.09. The Kier molecular flexibility index (Phi) is 5.83. The van der Waals surface area contributed by atoms with Crippen molar-refractivity contribution < 1.29 is 16.8 Å². The number of hydrogen-bond donors (Lipinski definition) is 4. The van der Waals surface area contributed by atoms with Gasteiger partial charge in [0.05, 0.1) is 6.26 Å². The lowest BCUT2D eigenvalue weighted by Gasteiger charge is -2.07. The molecule has 1 aromatic rings. The number of nitrogens with two attached hydrogens (primary N) is 1. The average molecular weight is 323 g/mol. The Balaban J connectivity index is 2.49. The van der Waals surface area contributed by atoms with E-state index in [0.29, 0.717) is 12.2 Å². The van der Waals surface area contributed by atoms with Gasteiger partial charge >= 0.3 is 0 Å². The van der Waals surface area contributed by atoms with Crippen molar-refractivity contribution in [1.29, 1.82) is 0 Å². The van der Waals surface area contributed by atoms with E-state index in [4.69, 9.17) is 5.84 Å². The van der Waals surface area contributed by atoms with E-state index < -0.39 is 20.0 Å². The summed E-state index contributed by atoms with van der Waals surface area (Å²) in [6, 6.07) is 2.79. The molecular weight excluding hydrogens is 306 g/mol. The van der Waals surface area contributed by atoms with Crippen molar-refractivity contribution in [3.8, 4) is 0 Å². The van der Waals surface area contributed by atoms with Gasteiger partial charge in [-0.1, -0.05) is 0 Å². The van der Waals surface area contributed by atoms with Crippen molar-refractivity contribution in [2.45, 2.75) is 11.3 Å². The summed E-state index contributed by atoms with van der Waals surface area (Å²) in [6.45, 7) is 0.275. The molecule has 0 fully saturated rings. The second-order valence-electron chi connectivity index (χ2n) is 3.94. The molecule has 0 saturated carbocycles. The molecule has 0 aliphatic carbocycles. The average Bonchev–Trinajstić information content (AvgIpc) is 2.37. The lowest BCUT2D eigenvalue weighted by molar-refractivity contribution is 0.574. The van der Waals surface area contributed by atoms with Crippen LogP contribution < -0.4 is 20.7 Å². The monoisotopic (exact) mass is 323 g/mol. The molecule has 0 atom stereocenters. The first-order chi connectivity index (χ1) is 9.24. The fourth-order valence-corrected chi connectivity index (χ4v) is 2.79. The fraction of sp³-hybridized carbons (Fsp3) is 0.444. The summed E-state index contributed by atoms with van der Waals surface area (Å²) in [5, 5.41) is 0. The van der Waals surface area contributed by atoms with Gasteiger partial charge < -0.3 is 5.43 Å². The van der Waals surface area contributed by atoms with Gasteiger partial charge in [0.1, 0.15) is 10.7 Å². The van der Waals surface area contributed by atoms with Gasteiger partial charge in [0.15, 0.2) is 0 Å². The molecule has 5 N–H and O–H groups in total. The Labute approximate surface area is 118 Å². The van der Waals surface area contributed by atoms with Crippen molar-refractivity contribution in [2.24, 2.45) is 5.84 Å². The van der Waals surface area contributed by atoms with E-state index in [0.717, 1.165) is 6.26 Å². The van der Waals surface area contributed by atoms with Crippen LogP contribution in [0.1, 0.15) is 6.42 Å². The van der Waals surface area contributed by atoms with Crippen molar-refractivity contribution in [2.75, 3.05) is 24.8 Å². The van der Waals surface area contributed by atoms with Crippen LogP contribution in [-0.4, -0.2) is 41.2 Å². The quantitative estimate of drug-likeness (QED) is 0.261. The Morgan fingerprint density at radius 2 is 1.80 bits per heavy atom. The third kappa shape index (κ3) is 5.79. The van der Waals surface area contributed by atoms with E-state index >= 15 is 0 Å². The number of hydrogen-bond acceptors (Lipinski definition) is 7. The second-order valence-corrected chi connectivity index (χ2v) is 7.54. The molecule has 0 spiro atoms. The Morgan fingerprint density at radius 1 is 1.15 bits per heavy atom. The number of nitrogens with one attached hydrogen (secondary N) is 3. The molecule has 0 aliphatic heterocycles. The zero-order valence-corrected chi connectivity index (χ0v) is 12.5. The number of anilines is 1. The summed E-state index contributed by atoms with van der Waals surface area (Å²) in [4.78, 5) is 3.80. The maximum Gasteiger partial charge on any atom is 0.242 e. The van der Waals surface area contributed by atoms with E-state index in [1.165, 1.54) is 18.3 Å². The molecule has 0 saturated heterocycles. The van der Waals surface area contributed by atoms with Gasteiger partial charge in [-0.25, -0.2) is 37.1 Å². The van der Waals surface area contributed by atoms with Crippen LogP contribution >= 0.6 is 0 Å². The third-order valence-corrected chi connectivity index (χ3v) is 4.38. The summed E-state index contributed by atoms with van der Waals surface area (Å²) >= 11 is 0. The maximum atomic E-state index is 11.9.